The molecule has 43 heavy (non-hydrogen) atoms. The number of Topliss-reactive ketones (excluding diaryl/α,β-unsaturated/α-hetero) is 1. The quantitative estimate of drug-likeness (QED) is 0.138. The molecule has 3 aliphatic carbocycles. The molecule has 1 aliphatic heterocycles. The van der Waals surface area contributed by atoms with Crippen molar-refractivity contribution in [1.82, 2.24) is 20.9 Å². The maximum atomic E-state index is 14.1. The number of carbonyl (C=O) groups excluding carboxylic acids is 6. The number of nitrogens with two attached hydrogens (primary N) is 1. The van der Waals surface area contributed by atoms with Crippen molar-refractivity contribution in [2.45, 2.75) is 97.3 Å². The van der Waals surface area contributed by atoms with Gasteiger partial charge in [-0.25, -0.2) is 9.59 Å². The number of likely N-dealkylation sites (tertiary alicyclic amines) is 1. The molecule has 1 unspecified atom stereocenters. The van der Waals surface area contributed by atoms with Crippen LogP contribution in [-0.4, -0.2) is 77.7 Å². The zero-order valence-electron chi connectivity index (χ0n) is 25.7. The van der Waals surface area contributed by atoms with Crippen molar-refractivity contribution in [3.8, 4) is 11.8 Å². The predicted molar refractivity (Wildman–Crippen MR) is 156 cm³/mol. The molecule has 3 fully saturated rings. The van der Waals surface area contributed by atoms with Crippen LogP contribution in [0.2, 0.25) is 0 Å². The van der Waals surface area contributed by atoms with Gasteiger partial charge in [-0.15, -0.1) is 0 Å². The minimum Gasteiger partial charge on any atom is -0.464 e. The van der Waals surface area contributed by atoms with Crippen molar-refractivity contribution in [3.63, 3.8) is 0 Å². The van der Waals surface area contributed by atoms with E-state index in [1.54, 1.807) is 34.6 Å². The average molecular weight is 600 g/mol. The Balaban J connectivity index is 1.47. The highest BCUT2D eigenvalue weighted by atomic mass is 16.5. The van der Waals surface area contributed by atoms with Crippen LogP contribution in [0.4, 0.5) is 4.79 Å². The first kappa shape index (κ1) is 32.3. The molecule has 6 atom stereocenters. The molecule has 1 saturated heterocycles. The standard InChI is InChI=1S/C31H45N5O7/c1-16(2)22(29(41)43-15-18-9-10-18)34-30(42)35-25(31(3,4)5)28(40)36-14-19-11-12-20(19)23(36)27(39)33-21(24(37)26(32)38)13-17-7-6-8-17/h16-23,25H,6-10,13-15H2,1-5H3,(H2,32,38)(H,33,39)(H2,34,35,42)/t19-,20-,21?,22-,23-,25+/m0/s1. The second kappa shape index (κ2) is 12.9. The minimum absolute atomic E-state index is 0.184. The van der Waals surface area contributed by atoms with Gasteiger partial charge >= 0.3 is 12.0 Å². The van der Waals surface area contributed by atoms with E-state index in [2.05, 4.69) is 27.8 Å². The fourth-order valence-corrected chi connectivity index (χ4v) is 5.73. The number of rotatable bonds is 13. The molecule has 5 N–H and O–H groups in total. The van der Waals surface area contributed by atoms with Gasteiger partial charge in [0.2, 0.25) is 17.6 Å². The minimum atomic E-state index is -1.12. The molecule has 5 amide bonds. The molecule has 0 aromatic rings. The predicted octanol–water partition coefficient (Wildman–Crippen LogP) is 0.868. The average Bonchev–Trinajstić information content (AvgIpc) is 3.67. The number of esters is 1. The molecule has 4 rings (SSSR count). The van der Waals surface area contributed by atoms with Crippen LogP contribution < -0.4 is 21.7 Å². The first-order valence-corrected chi connectivity index (χ1v) is 15.4. The summed E-state index contributed by atoms with van der Waals surface area (Å²) < 4.78 is 5.39. The van der Waals surface area contributed by atoms with Crippen LogP contribution in [0.15, 0.2) is 0 Å². The molecule has 12 nitrogen and oxygen atoms in total. The van der Waals surface area contributed by atoms with E-state index in [9.17, 15) is 28.8 Å². The van der Waals surface area contributed by atoms with Crippen molar-refractivity contribution in [1.29, 1.82) is 0 Å². The number of urea groups is 1. The van der Waals surface area contributed by atoms with Gasteiger partial charge < -0.3 is 31.3 Å². The van der Waals surface area contributed by atoms with Crippen LogP contribution in [0.3, 0.4) is 0 Å². The Kier molecular flexibility index (Phi) is 9.72. The first-order valence-electron chi connectivity index (χ1n) is 15.4. The van der Waals surface area contributed by atoms with E-state index < -0.39 is 71.0 Å². The summed E-state index contributed by atoms with van der Waals surface area (Å²) in [5, 5.41) is 8.11. The third-order valence-corrected chi connectivity index (χ3v) is 8.91. The molecule has 12 heteroatoms. The Bertz CT molecular complexity index is 1210. The summed E-state index contributed by atoms with van der Waals surface area (Å²) >= 11 is 0. The third kappa shape index (κ3) is 7.67. The molecule has 0 spiro atoms. The second-order valence-corrected chi connectivity index (χ2v) is 13.9. The number of nitrogens with zero attached hydrogens (tertiary/aromatic N) is 1. The van der Waals surface area contributed by atoms with Gasteiger partial charge in [-0.3, -0.25) is 19.2 Å². The third-order valence-electron chi connectivity index (χ3n) is 8.91. The fraction of sp³-hybridized carbons (Fsp3) is 0.742. The summed E-state index contributed by atoms with van der Waals surface area (Å²) in [6, 6.07) is -4.75. The van der Waals surface area contributed by atoms with E-state index in [-0.39, 0.29) is 24.3 Å². The largest absolute Gasteiger partial charge is 0.464 e. The normalized spacial score (nSPS) is 24.6. The molecular weight excluding hydrogens is 554 g/mol. The van der Waals surface area contributed by atoms with Crippen molar-refractivity contribution < 1.29 is 33.5 Å². The summed E-state index contributed by atoms with van der Waals surface area (Å²) in [5.41, 5.74) is 4.50. The molecule has 1 heterocycles. The number of fused-ring (bicyclic) bond motifs is 1. The summed E-state index contributed by atoms with van der Waals surface area (Å²) in [5.74, 6) is 2.06. The number of nitrogens with one attached hydrogen (secondary N) is 3. The highest BCUT2D eigenvalue weighted by molar-refractivity contribution is 6.37. The van der Waals surface area contributed by atoms with Crippen LogP contribution in [0, 0.1) is 46.8 Å². The van der Waals surface area contributed by atoms with Crippen LogP contribution in [-0.2, 0) is 28.7 Å². The van der Waals surface area contributed by atoms with Gasteiger partial charge in [-0.2, -0.15) is 0 Å². The maximum Gasteiger partial charge on any atom is 0.328 e. The monoisotopic (exact) mass is 599 g/mol. The van der Waals surface area contributed by atoms with Gasteiger partial charge in [0.1, 0.15) is 18.1 Å². The van der Waals surface area contributed by atoms with Crippen LogP contribution in [0.5, 0.6) is 0 Å². The molecule has 236 valence electrons. The van der Waals surface area contributed by atoms with Gasteiger partial charge in [0.05, 0.1) is 24.5 Å². The van der Waals surface area contributed by atoms with Gasteiger partial charge in [0, 0.05) is 6.54 Å². The molecule has 2 saturated carbocycles. The number of hydrogen-bond acceptors (Lipinski definition) is 7. The molecule has 4 aliphatic rings. The number of hydrogen-bond donors (Lipinski definition) is 4. The van der Waals surface area contributed by atoms with Gasteiger partial charge in [-0.05, 0) is 42.4 Å². The highest BCUT2D eigenvalue weighted by Gasteiger charge is 2.52. The number of amides is 5. The van der Waals surface area contributed by atoms with Crippen molar-refractivity contribution >= 4 is 35.5 Å². The molecule has 0 radical (unpaired) electrons. The van der Waals surface area contributed by atoms with E-state index in [4.69, 9.17) is 10.5 Å². The first-order chi connectivity index (χ1) is 20.2. The van der Waals surface area contributed by atoms with E-state index >= 15 is 0 Å². The Morgan fingerprint density at radius 3 is 2.12 bits per heavy atom. The lowest BCUT2D eigenvalue weighted by molar-refractivity contribution is -0.147. The summed E-state index contributed by atoms with van der Waals surface area (Å²) in [6.45, 7) is 9.45. The Morgan fingerprint density at radius 2 is 1.63 bits per heavy atom. The number of ether oxygens (including phenoxy) is 1. The zero-order valence-corrected chi connectivity index (χ0v) is 25.7. The molecule has 0 aromatic heterocycles. The van der Waals surface area contributed by atoms with Crippen LogP contribution in [0.25, 0.3) is 0 Å². The summed E-state index contributed by atoms with van der Waals surface area (Å²) in [4.78, 5) is 79.3. The van der Waals surface area contributed by atoms with Crippen LogP contribution >= 0.6 is 0 Å². The van der Waals surface area contributed by atoms with E-state index in [1.807, 2.05) is 0 Å². The number of carbonyl (C=O) groups is 6. The lowest BCUT2D eigenvalue weighted by Crippen LogP contribution is -2.61. The Hall–Kier alpha value is -3.62. The van der Waals surface area contributed by atoms with Crippen molar-refractivity contribution in [2.75, 3.05) is 13.2 Å². The van der Waals surface area contributed by atoms with E-state index in [0.717, 1.165) is 32.1 Å². The van der Waals surface area contributed by atoms with E-state index in [1.165, 1.54) is 4.90 Å². The topological polar surface area (TPSA) is 177 Å². The molecule has 0 aromatic carbocycles. The highest BCUT2D eigenvalue weighted by Crippen LogP contribution is 2.37. The summed E-state index contributed by atoms with van der Waals surface area (Å²) in [6.07, 6.45) is 5.18. The van der Waals surface area contributed by atoms with Crippen molar-refractivity contribution in [3.05, 3.63) is 0 Å². The second-order valence-electron chi connectivity index (χ2n) is 13.9. The number of primary amides is 1. The van der Waals surface area contributed by atoms with E-state index in [0.29, 0.717) is 18.9 Å². The lowest BCUT2D eigenvalue weighted by Gasteiger charge is -2.36. The molecular formula is C31H45N5O7. The van der Waals surface area contributed by atoms with Gasteiger partial charge in [-0.1, -0.05) is 65.7 Å². The smallest absolute Gasteiger partial charge is 0.328 e. The maximum absolute atomic E-state index is 14.1. The lowest BCUT2D eigenvalue weighted by atomic mass is 9.79. The SMILES string of the molecule is CC(C)[C@H](NC(=O)N[C@H](C(=O)N1C[C@@H]2C#C[C@@H]2[C@H]1C(=O)NC(CC1CCC1)C(=O)C(N)=O)C(C)(C)C)C(=O)OCC1CC1. The summed E-state index contributed by atoms with van der Waals surface area (Å²) in [7, 11) is 0. The Morgan fingerprint density at radius 1 is 0.953 bits per heavy atom. The van der Waals surface area contributed by atoms with Crippen molar-refractivity contribution in [2.24, 2.45) is 40.7 Å². The fourth-order valence-electron chi connectivity index (χ4n) is 5.73. The zero-order chi connectivity index (χ0) is 31.6. The van der Waals surface area contributed by atoms with Gasteiger partial charge in [0.15, 0.2) is 0 Å². The Labute approximate surface area is 252 Å². The number of ketones is 1. The van der Waals surface area contributed by atoms with Gasteiger partial charge in [0.25, 0.3) is 5.91 Å². The molecule has 0 bridgehead atoms. The van der Waals surface area contributed by atoms with Crippen LogP contribution in [0.1, 0.15) is 73.1 Å².